The Hall–Kier alpha value is -2.08. The second-order valence-electron chi connectivity index (χ2n) is 7.27. The molecule has 1 unspecified atom stereocenters. The van der Waals surface area contributed by atoms with E-state index in [1.54, 1.807) is 7.11 Å². The number of benzene rings is 1. The number of methoxy groups -OCH3 is 1. The Morgan fingerprint density at radius 3 is 2.43 bits per heavy atom. The van der Waals surface area contributed by atoms with Gasteiger partial charge in [0.15, 0.2) is 0 Å². The SMILES string of the molecule is CCCCOC(C)C(=O)N1CCCN(C(=O)CCc2ccc(OC)cc2)CC1. The minimum absolute atomic E-state index is 0.0311. The zero-order valence-corrected chi connectivity index (χ0v) is 17.5. The number of unbranched alkanes of at least 4 members (excludes halogenated alkanes) is 1. The van der Waals surface area contributed by atoms with Crippen molar-refractivity contribution in [2.24, 2.45) is 0 Å². The number of hydrogen-bond acceptors (Lipinski definition) is 4. The van der Waals surface area contributed by atoms with E-state index in [0.29, 0.717) is 45.6 Å². The van der Waals surface area contributed by atoms with Gasteiger partial charge in [0.2, 0.25) is 5.91 Å². The molecule has 1 aliphatic heterocycles. The van der Waals surface area contributed by atoms with Gasteiger partial charge in [0, 0.05) is 39.2 Å². The second-order valence-corrected chi connectivity index (χ2v) is 7.27. The van der Waals surface area contributed by atoms with Gasteiger partial charge in [-0.05, 0) is 43.9 Å². The molecule has 1 saturated heterocycles. The summed E-state index contributed by atoms with van der Waals surface area (Å²) in [4.78, 5) is 28.9. The van der Waals surface area contributed by atoms with Crippen LogP contribution < -0.4 is 4.74 Å². The summed E-state index contributed by atoms with van der Waals surface area (Å²) in [6, 6.07) is 7.82. The highest BCUT2D eigenvalue weighted by molar-refractivity contribution is 5.81. The molecule has 1 atom stereocenters. The molecule has 0 saturated carbocycles. The number of rotatable bonds is 9. The van der Waals surface area contributed by atoms with Crippen LogP contribution in [0.1, 0.15) is 45.1 Å². The molecule has 6 heteroatoms. The maximum Gasteiger partial charge on any atom is 0.251 e. The van der Waals surface area contributed by atoms with Crippen molar-refractivity contribution in [2.45, 2.75) is 52.1 Å². The standard InChI is InChI=1S/C22H34N2O4/c1-4-5-17-28-18(2)22(26)24-14-6-13-23(15-16-24)21(25)12-9-19-7-10-20(27-3)11-8-19/h7-8,10-11,18H,4-6,9,12-17H2,1-3H3. The maximum absolute atomic E-state index is 12.6. The van der Waals surface area contributed by atoms with Crippen molar-refractivity contribution < 1.29 is 19.1 Å². The first-order valence-corrected chi connectivity index (χ1v) is 10.4. The third-order valence-corrected chi connectivity index (χ3v) is 5.16. The van der Waals surface area contributed by atoms with Crippen LogP contribution in [0.3, 0.4) is 0 Å². The van der Waals surface area contributed by atoms with Crippen molar-refractivity contribution in [3.63, 3.8) is 0 Å². The fourth-order valence-corrected chi connectivity index (χ4v) is 3.32. The van der Waals surface area contributed by atoms with Crippen LogP contribution in [0.5, 0.6) is 5.75 Å². The Labute approximate surface area is 168 Å². The first kappa shape index (κ1) is 22.2. The quantitative estimate of drug-likeness (QED) is 0.609. The summed E-state index contributed by atoms with van der Waals surface area (Å²) in [7, 11) is 1.64. The first-order chi connectivity index (χ1) is 13.5. The molecular weight excluding hydrogens is 356 g/mol. The predicted octanol–water partition coefficient (Wildman–Crippen LogP) is 2.89. The number of ether oxygens (including phenoxy) is 2. The van der Waals surface area contributed by atoms with E-state index in [1.165, 1.54) is 0 Å². The minimum Gasteiger partial charge on any atom is -0.497 e. The van der Waals surface area contributed by atoms with Gasteiger partial charge in [-0.1, -0.05) is 25.5 Å². The smallest absolute Gasteiger partial charge is 0.251 e. The number of amides is 2. The van der Waals surface area contributed by atoms with E-state index in [4.69, 9.17) is 9.47 Å². The molecule has 6 nitrogen and oxygen atoms in total. The van der Waals surface area contributed by atoms with Gasteiger partial charge in [0.05, 0.1) is 7.11 Å². The van der Waals surface area contributed by atoms with Crippen LogP contribution in [-0.4, -0.2) is 67.6 Å². The number of carbonyl (C=O) groups excluding carboxylic acids is 2. The third kappa shape index (κ3) is 6.82. The monoisotopic (exact) mass is 390 g/mol. The van der Waals surface area contributed by atoms with Gasteiger partial charge in [-0.2, -0.15) is 0 Å². The number of hydrogen-bond donors (Lipinski definition) is 0. The van der Waals surface area contributed by atoms with E-state index in [1.807, 2.05) is 41.0 Å². The molecule has 0 N–H and O–H groups in total. The first-order valence-electron chi connectivity index (χ1n) is 10.4. The molecule has 156 valence electrons. The van der Waals surface area contributed by atoms with Crippen LogP contribution in [0.25, 0.3) is 0 Å². The van der Waals surface area contributed by atoms with Crippen LogP contribution in [0.4, 0.5) is 0 Å². The van der Waals surface area contributed by atoms with E-state index in [9.17, 15) is 9.59 Å². The second kappa shape index (κ2) is 11.7. The molecule has 28 heavy (non-hydrogen) atoms. The van der Waals surface area contributed by atoms with E-state index in [2.05, 4.69) is 6.92 Å². The minimum atomic E-state index is -0.413. The highest BCUT2D eigenvalue weighted by Crippen LogP contribution is 2.14. The largest absolute Gasteiger partial charge is 0.497 e. The summed E-state index contributed by atoms with van der Waals surface area (Å²) in [5.74, 6) is 1.00. The van der Waals surface area contributed by atoms with Gasteiger partial charge in [-0.15, -0.1) is 0 Å². The average molecular weight is 391 g/mol. The van der Waals surface area contributed by atoms with E-state index >= 15 is 0 Å². The summed E-state index contributed by atoms with van der Waals surface area (Å²) in [6.07, 6.45) is 3.61. The summed E-state index contributed by atoms with van der Waals surface area (Å²) in [6.45, 7) is 7.10. The molecule has 0 radical (unpaired) electrons. The molecule has 1 heterocycles. The predicted molar refractivity (Wildman–Crippen MR) is 109 cm³/mol. The van der Waals surface area contributed by atoms with Crippen molar-refractivity contribution in [1.82, 2.24) is 9.80 Å². The van der Waals surface area contributed by atoms with Crippen molar-refractivity contribution in [1.29, 1.82) is 0 Å². The molecule has 0 bridgehead atoms. The fourth-order valence-electron chi connectivity index (χ4n) is 3.32. The lowest BCUT2D eigenvalue weighted by molar-refractivity contribution is -0.143. The highest BCUT2D eigenvalue weighted by Gasteiger charge is 2.25. The van der Waals surface area contributed by atoms with Gasteiger partial charge >= 0.3 is 0 Å². The van der Waals surface area contributed by atoms with Gasteiger partial charge < -0.3 is 19.3 Å². The molecule has 1 aromatic rings. The molecule has 1 fully saturated rings. The summed E-state index contributed by atoms with van der Waals surface area (Å²) in [5, 5.41) is 0. The van der Waals surface area contributed by atoms with Crippen LogP contribution in [0, 0.1) is 0 Å². The third-order valence-electron chi connectivity index (χ3n) is 5.16. The Balaban J connectivity index is 1.78. The summed E-state index contributed by atoms with van der Waals surface area (Å²) < 4.78 is 10.8. The van der Waals surface area contributed by atoms with E-state index in [0.717, 1.165) is 30.6 Å². The Bertz CT molecular complexity index is 617. The van der Waals surface area contributed by atoms with Gasteiger partial charge in [-0.3, -0.25) is 9.59 Å². The molecule has 0 aromatic heterocycles. The fraction of sp³-hybridized carbons (Fsp3) is 0.636. The van der Waals surface area contributed by atoms with Crippen LogP contribution in [-0.2, 0) is 20.7 Å². The normalized spacial score (nSPS) is 15.8. The lowest BCUT2D eigenvalue weighted by Gasteiger charge is -2.25. The molecule has 1 aromatic carbocycles. The van der Waals surface area contributed by atoms with E-state index in [-0.39, 0.29) is 11.8 Å². The van der Waals surface area contributed by atoms with Crippen molar-refractivity contribution in [2.75, 3.05) is 39.9 Å². The lowest BCUT2D eigenvalue weighted by atomic mass is 10.1. The van der Waals surface area contributed by atoms with Gasteiger partial charge in [0.1, 0.15) is 11.9 Å². The van der Waals surface area contributed by atoms with Crippen molar-refractivity contribution in [3.8, 4) is 5.75 Å². The summed E-state index contributed by atoms with van der Waals surface area (Å²) in [5.41, 5.74) is 1.12. The highest BCUT2D eigenvalue weighted by atomic mass is 16.5. The number of carbonyl (C=O) groups is 2. The molecule has 2 amide bonds. The zero-order chi connectivity index (χ0) is 20.4. The van der Waals surface area contributed by atoms with E-state index < -0.39 is 6.10 Å². The Morgan fingerprint density at radius 2 is 1.75 bits per heavy atom. The van der Waals surface area contributed by atoms with Crippen LogP contribution >= 0.6 is 0 Å². The van der Waals surface area contributed by atoms with Crippen molar-refractivity contribution in [3.05, 3.63) is 29.8 Å². The maximum atomic E-state index is 12.6. The Morgan fingerprint density at radius 1 is 1.07 bits per heavy atom. The molecule has 0 spiro atoms. The molecule has 0 aliphatic carbocycles. The van der Waals surface area contributed by atoms with Crippen LogP contribution in [0.2, 0.25) is 0 Å². The lowest BCUT2D eigenvalue weighted by Crippen LogP contribution is -2.42. The Kier molecular flexibility index (Phi) is 9.28. The topological polar surface area (TPSA) is 59.1 Å². The number of nitrogens with zero attached hydrogens (tertiary/aromatic N) is 2. The van der Waals surface area contributed by atoms with Gasteiger partial charge in [-0.25, -0.2) is 0 Å². The molecule has 2 rings (SSSR count). The van der Waals surface area contributed by atoms with Gasteiger partial charge in [0.25, 0.3) is 5.91 Å². The summed E-state index contributed by atoms with van der Waals surface area (Å²) >= 11 is 0. The van der Waals surface area contributed by atoms with Crippen molar-refractivity contribution >= 4 is 11.8 Å². The molecule has 1 aliphatic rings. The number of aryl methyl sites for hydroxylation is 1. The average Bonchev–Trinajstić information content (AvgIpc) is 2.98. The molecular formula is C22H34N2O4. The van der Waals surface area contributed by atoms with Crippen LogP contribution in [0.15, 0.2) is 24.3 Å². The zero-order valence-electron chi connectivity index (χ0n) is 17.5.